The van der Waals surface area contributed by atoms with Gasteiger partial charge in [0, 0.05) is 18.0 Å². The molecule has 2 aromatic rings. The third-order valence-corrected chi connectivity index (χ3v) is 5.95. The highest BCUT2D eigenvalue weighted by Gasteiger charge is 2.20. The van der Waals surface area contributed by atoms with Gasteiger partial charge in [-0.3, -0.25) is 9.59 Å². The SMILES string of the molecule is C[C@@H](NC(=O)c1ccccc1SCC(=O)N1CCCC1)c1ccc(OC(F)F)cc1. The Morgan fingerprint density at radius 2 is 1.77 bits per heavy atom. The first-order valence-electron chi connectivity index (χ1n) is 9.79. The van der Waals surface area contributed by atoms with Crippen molar-refractivity contribution in [3.63, 3.8) is 0 Å². The van der Waals surface area contributed by atoms with Gasteiger partial charge in [0.25, 0.3) is 5.91 Å². The van der Waals surface area contributed by atoms with Crippen molar-refractivity contribution in [1.82, 2.24) is 10.2 Å². The van der Waals surface area contributed by atoms with Crippen molar-refractivity contribution >= 4 is 23.6 Å². The molecule has 0 unspecified atom stereocenters. The summed E-state index contributed by atoms with van der Waals surface area (Å²) < 4.78 is 28.9. The Bertz CT molecular complexity index is 871. The number of rotatable bonds is 8. The maximum Gasteiger partial charge on any atom is 0.387 e. The largest absolute Gasteiger partial charge is 0.435 e. The molecule has 8 heteroatoms. The van der Waals surface area contributed by atoms with Crippen molar-refractivity contribution < 1.29 is 23.1 Å². The highest BCUT2D eigenvalue weighted by Crippen LogP contribution is 2.25. The first kappa shape index (κ1) is 22.1. The van der Waals surface area contributed by atoms with Gasteiger partial charge in [0.05, 0.1) is 17.4 Å². The molecule has 1 heterocycles. The molecule has 0 aliphatic carbocycles. The van der Waals surface area contributed by atoms with Crippen molar-refractivity contribution in [1.29, 1.82) is 0 Å². The highest BCUT2D eigenvalue weighted by atomic mass is 32.2. The van der Waals surface area contributed by atoms with Gasteiger partial charge in [-0.15, -0.1) is 11.8 Å². The number of likely N-dealkylation sites (tertiary alicyclic amines) is 1. The molecule has 2 amide bonds. The molecule has 160 valence electrons. The van der Waals surface area contributed by atoms with Gasteiger partial charge in [-0.2, -0.15) is 8.78 Å². The zero-order valence-electron chi connectivity index (χ0n) is 16.6. The van der Waals surface area contributed by atoms with Crippen LogP contribution in [0.25, 0.3) is 0 Å². The number of hydrogen-bond acceptors (Lipinski definition) is 4. The predicted molar refractivity (Wildman–Crippen MR) is 112 cm³/mol. The van der Waals surface area contributed by atoms with Gasteiger partial charge in [-0.1, -0.05) is 24.3 Å². The molecule has 1 fully saturated rings. The van der Waals surface area contributed by atoms with Crippen LogP contribution < -0.4 is 10.1 Å². The molecule has 2 aromatic carbocycles. The minimum atomic E-state index is -2.88. The second-order valence-electron chi connectivity index (χ2n) is 7.02. The van der Waals surface area contributed by atoms with Gasteiger partial charge in [0.1, 0.15) is 5.75 Å². The number of alkyl halides is 2. The molecule has 1 atom stereocenters. The Morgan fingerprint density at radius 3 is 2.43 bits per heavy atom. The van der Waals surface area contributed by atoms with E-state index in [4.69, 9.17) is 0 Å². The second kappa shape index (κ2) is 10.4. The molecule has 3 rings (SSSR count). The number of amides is 2. The van der Waals surface area contributed by atoms with Crippen LogP contribution in [0.15, 0.2) is 53.4 Å². The fraction of sp³-hybridized carbons (Fsp3) is 0.364. The summed E-state index contributed by atoms with van der Waals surface area (Å²) >= 11 is 1.36. The maximum atomic E-state index is 12.8. The summed E-state index contributed by atoms with van der Waals surface area (Å²) in [5.41, 5.74) is 1.26. The van der Waals surface area contributed by atoms with Crippen molar-refractivity contribution in [2.75, 3.05) is 18.8 Å². The molecular formula is C22H24F2N2O3S. The van der Waals surface area contributed by atoms with Crippen LogP contribution in [-0.2, 0) is 4.79 Å². The molecule has 1 saturated heterocycles. The Morgan fingerprint density at radius 1 is 1.10 bits per heavy atom. The van der Waals surface area contributed by atoms with E-state index in [1.165, 1.54) is 23.9 Å². The fourth-order valence-corrected chi connectivity index (χ4v) is 4.23. The average molecular weight is 435 g/mol. The van der Waals surface area contributed by atoms with E-state index < -0.39 is 6.61 Å². The van der Waals surface area contributed by atoms with E-state index in [0.29, 0.717) is 11.3 Å². The summed E-state index contributed by atoms with van der Waals surface area (Å²) in [5, 5.41) is 2.92. The molecular weight excluding hydrogens is 410 g/mol. The first-order chi connectivity index (χ1) is 14.4. The smallest absolute Gasteiger partial charge is 0.387 e. The first-order valence-corrected chi connectivity index (χ1v) is 10.8. The topological polar surface area (TPSA) is 58.6 Å². The van der Waals surface area contributed by atoms with Crippen LogP contribution in [-0.4, -0.2) is 42.2 Å². The summed E-state index contributed by atoms with van der Waals surface area (Å²) in [7, 11) is 0. The highest BCUT2D eigenvalue weighted by molar-refractivity contribution is 8.00. The van der Waals surface area contributed by atoms with E-state index in [2.05, 4.69) is 10.1 Å². The lowest BCUT2D eigenvalue weighted by atomic mass is 10.1. The number of carbonyl (C=O) groups is 2. The molecule has 0 radical (unpaired) electrons. The van der Waals surface area contributed by atoms with Crippen LogP contribution in [0, 0.1) is 0 Å². The predicted octanol–water partition coefficient (Wildman–Crippen LogP) is 4.49. The molecule has 5 nitrogen and oxygen atoms in total. The zero-order chi connectivity index (χ0) is 21.5. The Hall–Kier alpha value is -2.61. The van der Waals surface area contributed by atoms with Crippen LogP contribution in [0.1, 0.15) is 41.7 Å². The van der Waals surface area contributed by atoms with E-state index >= 15 is 0 Å². The summed E-state index contributed by atoms with van der Waals surface area (Å²) in [5.74, 6) is 0.196. The average Bonchev–Trinajstić information content (AvgIpc) is 3.27. The molecule has 30 heavy (non-hydrogen) atoms. The molecule has 1 aliphatic heterocycles. The van der Waals surface area contributed by atoms with E-state index in [1.807, 2.05) is 24.0 Å². The van der Waals surface area contributed by atoms with Crippen LogP contribution >= 0.6 is 11.8 Å². The Kier molecular flexibility index (Phi) is 7.68. The number of halogens is 2. The third-order valence-electron chi connectivity index (χ3n) is 4.89. The number of benzene rings is 2. The lowest BCUT2D eigenvalue weighted by molar-refractivity contribution is -0.127. The molecule has 0 saturated carbocycles. The van der Waals surface area contributed by atoms with E-state index in [9.17, 15) is 18.4 Å². The van der Waals surface area contributed by atoms with Gasteiger partial charge in [0.2, 0.25) is 5.91 Å². The summed E-state index contributed by atoms with van der Waals surface area (Å²) in [4.78, 5) is 27.7. The van der Waals surface area contributed by atoms with Crippen LogP contribution in [0.5, 0.6) is 5.75 Å². The summed E-state index contributed by atoms with van der Waals surface area (Å²) in [6, 6.07) is 13.0. The summed E-state index contributed by atoms with van der Waals surface area (Å²) in [6.07, 6.45) is 2.09. The van der Waals surface area contributed by atoms with Crippen LogP contribution in [0.2, 0.25) is 0 Å². The second-order valence-corrected chi connectivity index (χ2v) is 8.03. The van der Waals surface area contributed by atoms with Crippen molar-refractivity contribution in [3.05, 3.63) is 59.7 Å². The molecule has 0 bridgehead atoms. The normalized spacial score (nSPS) is 14.6. The number of hydrogen-bond donors (Lipinski definition) is 1. The van der Waals surface area contributed by atoms with Crippen molar-refractivity contribution in [2.24, 2.45) is 0 Å². The molecule has 1 N–H and O–H groups in total. The van der Waals surface area contributed by atoms with E-state index in [-0.39, 0.29) is 23.6 Å². The lowest BCUT2D eigenvalue weighted by Gasteiger charge is -2.17. The van der Waals surface area contributed by atoms with E-state index in [0.717, 1.165) is 36.4 Å². The quantitative estimate of drug-likeness (QED) is 0.622. The van der Waals surface area contributed by atoms with Gasteiger partial charge >= 0.3 is 6.61 Å². The molecule has 1 aliphatic rings. The van der Waals surface area contributed by atoms with Crippen molar-refractivity contribution in [3.8, 4) is 5.75 Å². The number of thioether (sulfide) groups is 1. The van der Waals surface area contributed by atoms with Gasteiger partial charge in [-0.25, -0.2) is 0 Å². The number of carbonyl (C=O) groups excluding carboxylic acids is 2. The molecule has 0 aromatic heterocycles. The number of nitrogens with zero attached hydrogens (tertiary/aromatic N) is 1. The minimum absolute atomic E-state index is 0.0664. The van der Waals surface area contributed by atoms with E-state index in [1.54, 1.807) is 24.3 Å². The monoisotopic (exact) mass is 434 g/mol. The van der Waals surface area contributed by atoms with Crippen LogP contribution in [0.4, 0.5) is 8.78 Å². The standard InChI is InChI=1S/C22H24F2N2O3S/c1-15(16-8-10-17(11-9-16)29-22(23)24)25-21(28)18-6-2-3-7-19(18)30-14-20(27)26-12-4-5-13-26/h2-3,6-11,15,22H,4-5,12-14H2,1H3,(H,25,28)/t15-/m1/s1. The Balaban J connectivity index is 1.61. The molecule has 0 spiro atoms. The Labute approximate surface area is 178 Å². The minimum Gasteiger partial charge on any atom is -0.435 e. The van der Waals surface area contributed by atoms with Crippen molar-refractivity contribution in [2.45, 2.75) is 37.3 Å². The number of ether oxygens (including phenoxy) is 1. The third kappa shape index (κ3) is 5.95. The zero-order valence-corrected chi connectivity index (χ0v) is 17.5. The summed E-state index contributed by atoms with van der Waals surface area (Å²) in [6.45, 7) is 0.549. The van der Waals surface area contributed by atoms with Gasteiger partial charge in [0.15, 0.2) is 0 Å². The lowest BCUT2D eigenvalue weighted by Crippen LogP contribution is -2.29. The van der Waals surface area contributed by atoms with Crippen LogP contribution in [0.3, 0.4) is 0 Å². The van der Waals surface area contributed by atoms with Gasteiger partial charge < -0.3 is 15.0 Å². The van der Waals surface area contributed by atoms with Gasteiger partial charge in [-0.05, 0) is 49.6 Å². The fourth-order valence-electron chi connectivity index (χ4n) is 3.27. The maximum absolute atomic E-state index is 12.8. The number of nitrogens with one attached hydrogen (secondary N) is 1.